The summed E-state index contributed by atoms with van der Waals surface area (Å²) in [6.07, 6.45) is 1.05. The van der Waals surface area contributed by atoms with Gasteiger partial charge in [-0.25, -0.2) is 0 Å². The largest absolute Gasteiger partial charge is 0.497 e. The fraction of sp³-hybridized carbons (Fsp3) is 0.471. The molecule has 1 aliphatic carbocycles. The molecule has 1 N–H and O–H groups in total. The third-order valence-corrected chi connectivity index (χ3v) is 4.86. The minimum Gasteiger partial charge on any atom is -0.497 e. The van der Waals surface area contributed by atoms with Crippen molar-refractivity contribution in [2.75, 3.05) is 14.2 Å². The molecule has 3 atom stereocenters. The van der Waals surface area contributed by atoms with Crippen molar-refractivity contribution in [1.29, 1.82) is 0 Å². The van der Waals surface area contributed by atoms with Gasteiger partial charge in [0.2, 0.25) is 0 Å². The second kappa shape index (κ2) is 5.11. The van der Waals surface area contributed by atoms with Crippen molar-refractivity contribution in [3.63, 3.8) is 0 Å². The topological polar surface area (TPSA) is 65.0 Å². The van der Waals surface area contributed by atoms with Gasteiger partial charge in [-0.05, 0) is 36.1 Å². The Kier molecular flexibility index (Phi) is 3.50. The Morgan fingerprint density at radius 3 is 2.59 bits per heavy atom. The van der Waals surface area contributed by atoms with Crippen molar-refractivity contribution in [2.24, 2.45) is 5.41 Å². The lowest BCUT2D eigenvalue weighted by Crippen LogP contribution is -2.47. The van der Waals surface area contributed by atoms with E-state index in [2.05, 4.69) is 6.58 Å². The highest BCUT2D eigenvalue weighted by Crippen LogP contribution is 2.62. The summed E-state index contributed by atoms with van der Waals surface area (Å²) in [4.78, 5) is 12.4. The molecule has 2 fully saturated rings. The minimum absolute atomic E-state index is 0.397. The van der Waals surface area contributed by atoms with Crippen molar-refractivity contribution in [3.05, 3.63) is 42.0 Å². The highest BCUT2D eigenvalue weighted by atomic mass is 16.6. The van der Waals surface area contributed by atoms with Gasteiger partial charge in [-0.1, -0.05) is 18.7 Å². The summed E-state index contributed by atoms with van der Waals surface area (Å²) in [5.74, 6) is -1.29. The molecule has 1 saturated heterocycles. The Morgan fingerprint density at radius 2 is 2.00 bits per heavy atom. The summed E-state index contributed by atoms with van der Waals surface area (Å²) in [5, 5.41) is 10.9. The zero-order chi connectivity index (χ0) is 16.0. The monoisotopic (exact) mass is 304 g/mol. The van der Waals surface area contributed by atoms with Crippen LogP contribution in [0.4, 0.5) is 0 Å². The molecule has 3 rings (SSSR count). The maximum Gasteiger partial charge on any atom is 0.321 e. The van der Waals surface area contributed by atoms with Crippen LogP contribution in [-0.4, -0.2) is 31.1 Å². The fourth-order valence-electron chi connectivity index (χ4n) is 3.68. The average molecular weight is 304 g/mol. The van der Waals surface area contributed by atoms with Gasteiger partial charge in [-0.15, -0.1) is 0 Å². The Bertz CT molecular complexity index is 608. The summed E-state index contributed by atoms with van der Waals surface area (Å²) in [7, 11) is 2.92. The van der Waals surface area contributed by atoms with Crippen LogP contribution >= 0.6 is 0 Å². The summed E-state index contributed by atoms with van der Waals surface area (Å²) in [5.41, 5.74) is 0.216. The Hall–Kier alpha value is -1.85. The number of rotatable bonds is 3. The van der Waals surface area contributed by atoms with Crippen molar-refractivity contribution in [3.8, 4) is 5.75 Å². The molecule has 1 saturated carbocycles. The predicted molar refractivity (Wildman–Crippen MR) is 79.2 cm³/mol. The number of ether oxygens (including phenoxy) is 3. The highest BCUT2D eigenvalue weighted by Gasteiger charge is 2.69. The molecular formula is C17H20O5. The van der Waals surface area contributed by atoms with Gasteiger partial charge in [0.15, 0.2) is 5.79 Å². The average Bonchev–Trinajstić information content (AvgIpc) is 2.99. The van der Waals surface area contributed by atoms with Crippen LogP contribution in [0, 0.1) is 5.41 Å². The molecule has 118 valence electrons. The number of benzene rings is 1. The molecule has 22 heavy (non-hydrogen) atoms. The van der Waals surface area contributed by atoms with Gasteiger partial charge in [0, 0.05) is 6.42 Å². The van der Waals surface area contributed by atoms with Gasteiger partial charge in [0.25, 0.3) is 0 Å². The van der Waals surface area contributed by atoms with Crippen LogP contribution in [-0.2, 0) is 14.3 Å². The second-order valence-corrected chi connectivity index (χ2v) is 5.83. The number of esters is 1. The first-order chi connectivity index (χ1) is 10.5. The summed E-state index contributed by atoms with van der Waals surface area (Å²) >= 11 is 0. The van der Waals surface area contributed by atoms with Crippen molar-refractivity contribution in [2.45, 2.75) is 31.2 Å². The standard InChI is InChI=1S/C17H20O5/c1-11-14(12-5-7-13(20-2)8-6-12)22-17(19)10-4-9-16(11,17)15(18)21-3/h5-8,14,19H,1,4,9-10H2,2-3H3/t14-,16-,17-/m1/s1. The van der Waals surface area contributed by atoms with Crippen LogP contribution < -0.4 is 4.74 Å². The fourth-order valence-corrected chi connectivity index (χ4v) is 3.68. The molecule has 2 aliphatic rings. The van der Waals surface area contributed by atoms with Crippen LogP contribution in [0.15, 0.2) is 36.4 Å². The highest BCUT2D eigenvalue weighted by molar-refractivity contribution is 5.83. The predicted octanol–water partition coefficient (Wildman–Crippen LogP) is 2.35. The Balaban J connectivity index is 2.00. The van der Waals surface area contributed by atoms with Gasteiger partial charge < -0.3 is 19.3 Å². The van der Waals surface area contributed by atoms with Crippen LogP contribution in [0.5, 0.6) is 5.75 Å². The van der Waals surface area contributed by atoms with Gasteiger partial charge in [-0.2, -0.15) is 0 Å². The first-order valence-electron chi connectivity index (χ1n) is 7.30. The number of carbonyl (C=O) groups is 1. The molecule has 0 spiro atoms. The van der Waals surface area contributed by atoms with Gasteiger partial charge in [-0.3, -0.25) is 4.79 Å². The van der Waals surface area contributed by atoms with Crippen molar-refractivity contribution < 1.29 is 24.1 Å². The first-order valence-corrected chi connectivity index (χ1v) is 7.30. The molecule has 0 radical (unpaired) electrons. The third kappa shape index (κ3) is 1.82. The lowest BCUT2D eigenvalue weighted by atomic mass is 9.75. The molecule has 5 nitrogen and oxygen atoms in total. The molecular weight excluding hydrogens is 284 g/mol. The summed E-state index contributed by atoms with van der Waals surface area (Å²) in [6.45, 7) is 4.07. The lowest BCUT2D eigenvalue weighted by molar-refractivity contribution is -0.232. The quantitative estimate of drug-likeness (QED) is 0.686. The van der Waals surface area contributed by atoms with E-state index in [9.17, 15) is 9.90 Å². The zero-order valence-corrected chi connectivity index (χ0v) is 12.8. The molecule has 5 heteroatoms. The number of hydrogen-bond donors (Lipinski definition) is 1. The van der Waals surface area contributed by atoms with E-state index in [0.717, 1.165) is 11.3 Å². The van der Waals surface area contributed by atoms with Crippen LogP contribution in [0.3, 0.4) is 0 Å². The van der Waals surface area contributed by atoms with E-state index in [0.29, 0.717) is 24.8 Å². The van der Waals surface area contributed by atoms with Crippen LogP contribution in [0.2, 0.25) is 0 Å². The van der Waals surface area contributed by atoms with Crippen LogP contribution in [0.1, 0.15) is 30.9 Å². The number of aliphatic hydroxyl groups is 1. The normalized spacial score (nSPS) is 33.6. The van der Waals surface area contributed by atoms with E-state index in [1.165, 1.54) is 7.11 Å². The van der Waals surface area contributed by atoms with E-state index < -0.39 is 23.3 Å². The number of hydrogen-bond acceptors (Lipinski definition) is 5. The van der Waals surface area contributed by atoms with Gasteiger partial charge in [0.05, 0.1) is 14.2 Å². The van der Waals surface area contributed by atoms with E-state index >= 15 is 0 Å². The molecule has 1 aromatic carbocycles. The zero-order valence-electron chi connectivity index (χ0n) is 12.8. The lowest BCUT2D eigenvalue weighted by Gasteiger charge is -2.31. The summed E-state index contributed by atoms with van der Waals surface area (Å²) in [6, 6.07) is 7.33. The Labute approximate surface area is 129 Å². The SMILES string of the molecule is C=C1[C@H](c2ccc(OC)cc2)O[C@]2(O)CCC[C@]12C(=O)OC. The smallest absolute Gasteiger partial charge is 0.321 e. The first kappa shape index (κ1) is 15.1. The Morgan fingerprint density at radius 1 is 1.32 bits per heavy atom. The van der Waals surface area contributed by atoms with E-state index in [1.807, 2.05) is 24.3 Å². The molecule has 1 aromatic rings. The molecule has 0 aromatic heterocycles. The minimum atomic E-state index is -1.54. The van der Waals surface area contributed by atoms with Crippen molar-refractivity contribution in [1.82, 2.24) is 0 Å². The molecule has 1 heterocycles. The molecule has 1 aliphatic heterocycles. The number of methoxy groups -OCH3 is 2. The summed E-state index contributed by atoms with van der Waals surface area (Å²) < 4.78 is 16.0. The molecule has 0 bridgehead atoms. The van der Waals surface area contributed by atoms with Gasteiger partial charge >= 0.3 is 5.97 Å². The number of fused-ring (bicyclic) bond motifs is 1. The van der Waals surface area contributed by atoms with Gasteiger partial charge in [0.1, 0.15) is 17.3 Å². The van der Waals surface area contributed by atoms with E-state index in [1.54, 1.807) is 7.11 Å². The van der Waals surface area contributed by atoms with E-state index in [-0.39, 0.29) is 0 Å². The third-order valence-electron chi connectivity index (χ3n) is 4.86. The van der Waals surface area contributed by atoms with Crippen LogP contribution in [0.25, 0.3) is 0 Å². The van der Waals surface area contributed by atoms with Crippen molar-refractivity contribution >= 4 is 5.97 Å². The molecule has 0 amide bonds. The maximum absolute atomic E-state index is 12.4. The maximum atomic E-state index is 12.4. The van der Waals surface area contributed by atoms with E-state index in [4.69, 9.17) is 14.2 Å². The molecule has 0 unspecified atom stereocenters. The second-order valence-electron chi connectivity index (χ2n) is 5.83. The number of carbonyl (C=O) groups excluding carboxylic acids is 1.